The Hall–Kier alpha value is -1.13. The summed E-state index contributed by atoms with van der Waals surface area (Å²) in [4.78, 5) is 6.11. The Balaban J connectivity index is 2.79. The predicted octanol–water partition coefficient (Wildman–Crippen LogP) is 0.783. The summed E-state index contributed by atoms with van der Waals surface area (Å²) in [6.07, 6.45) is 2.71. The maximum atomic E-state index is 8.97. The van der Waals surface area contributed by atoms with Crippen molar-refractivity contribution in [2.45, 2.75) is 20.0 Å². The van der Waals surface area contributed by atoms with Crippen molar-refractivity contribution in [1.82, 2.24) is 4.98 Å². The van der Waals surface area contributed by atoms with Gasteiger partial charge in [-0.2, -0.15) is 0 Å². The Labute approximate surface area is 90.2 Å². The number of nitrogens with zero attached hydrogens (tertiary/aromatic N) is 2. The van der Waals surface area contributed by atoms with Crippen molar-refractivity contribution in [3.63, 3.8) is 0 Å². The van der Waals surface area contributed by atoms with Gasteiger partial charge < -0.3 is 15.1 Å². The summed E-state index contributed by atoms with van der Waals surface area (Å²) in [7, 11) is 0. The molecule has 0 aliphatic heterocycles. The van der Waals surface area contributed by atoms with Crippen molar-refractivity contribution in [3.8, 4) is 0 Å². The van der Waals surface area contributed by atoms with Crippen molar-refractivity contribution < 1.29 is 10.2 Å². The average molecular weight is 210 g/mol. The first-order valence-electron chi connectivity index (χ1n) is 5.23. The van der Waals surface area contributed by atoms with Crippen molar-refractivity contribution in [3.05, 3.63) is 24.0 Å². The molecule has 0 unspecified atom stereocenters. The van der Waals surface area contributed by atoms with Gasteiger partial charge in [0, 0.05) is 25.0 Å². The molecular weight excluding hydrogens is 192 g/mol. The topological polar surface area (TPSA) is 56.6 Å². The SMILES string of the molecule is CCCN(CCO)c1ccnc(CO)c1. The quantitative estimate of drug-likeness (QED) is 0.728. The van der Waals surface area contributed by atoms with Crippen LogP contribution in [-0.2, 0) is 6.61 Å². The van der Waals surface area contributed by atoms with Crippen LogP contribution in [0.2, 0.25) is 0 Å². The van der Waals surface area contributed by atoms with Gasteiger partial charge in [0.25, 0.3) is 0 Å². The molecule has 4 nitrogen and oxygen atoms in total. The van der Waals surface area contributed by atoms with Crippen LogP contribution in [0.15, 0.2) is 18.3 Å². The Morgan fingerprint density at radius 2 is 2.13 bits per heavy atom. The number of anilines is 1. The zero-order valence-corrected chi connectivity index (χ0v) is 9.06. The molecule has 0 amide bonds. The molecule has 0 aliphatic carbocycles. The zero-order valence-electron chi connectivity index (χ0n) is 9.06. The highest BCUT2D eigenvalue weighted by Crippen LogP contribution is 2.14. The minimum Gasteiger partial charge on any atom is -0.395 e. The highest BCUT2D eigenvalue weighted by Gasteiger charge is 2.05. The van der Waals surface area contributed by atoms with Crippen LogP contribution in [0.1, 0.15) is 19.0 Å². The summed E-state index contributed by atoms with van der Waals surface area (Å²) < 4.78 is 0. The second-order valence-corrected chi connectivity index (χ2v) is 3.37. The van der Waals surface area contributed by atoms with Crippen molar-refractivity contribution >= 4 is 5.69 Å². The van der Waals surface area contributed by atoms with E-state index in [1.54, 1.807) is 6.20 Å². The molecule has 0 aromatic carbocycles. The van der Waals surface area contributed by atoms with Crippen LogP contribution in [0.5, 0.6) is 0 Å². The third-order valence-corrected chi connectivity index (χ3v) is 2.19. The van der Waals surface area contributed by atoms with E-state index in [1.807, 2.05) is 12.1 Å². The lowest BCUT2D eigenvalue weighted by molar-refractivity contribution is 0.277. The predicted molar refractivity (Wildman–Crippen MR) is 59.7 cm³/mol. The monoisotopic (exact) mass is 210 g/mol. The largest absolute Gasteiger partial charge is 0.395 e. The maximum Gasteiger partial charge on any atom is 0.0853 e. The van der Waals surface area contributed by atoms with E-state index in [0.717, 1.165) is 18.7 Å². The molecule has 0 fully saturated rings. The molecule has 0 radical (unpaired) electrons. The van der Waals surface area contributed by atoms with E-state index in [-0.39, 0.29) is 13.2 Å². The molecule has 0 spiro atoms. The van der Waals surface area contributed by atoms with Crippen LogP contribution in [0, 0.1) is 0 Å². The first-order valence-corrected chi connectivity index (χ1v) is 5.23. The number of aliphatic hydroxyl groups excluding tert-OH is 2. The lowest BCUT2D eigenvalue weighted by atomic mass is 10.2. The standard InChI is InChI=1S/C11H18N2O2/c1-2-5-13(6-7-14)11-3-4-12-10(8-11)9-15/h3-4,8,14-15H,2,5-7,9H2,1H3. The van der Waals surface area contributed by atoms with Gasteiger partial charge in [0.15, 0.2) is 0 Å². The van der Waals surface area contributed by atoms with Crippen LogP contribution in [-0.4, -0.2) is 34.9 Å². The van der Waals surface area contributed by atoms with E-state index >= 15 is 0 Å². The Bertz CT molecular complexity index is 286. The van der Waals surface area contributed by atoms with Gasteiger partial charge in [-0.05, 0) is 18.6 Å². The van der Waals surface area contributed by atoms with Crippen molar-refractivity contribution in [1.29, 1.82) is 0 Å². The first-order chi connectivity index (χ1) is 7.31. The van der Waals surface area contributed by atoms with Gasteiger partial charge >= 0.3 is 0 Å². The van der Waals surface area contributed by atoms with E-state index in [1.165, 1.54) is 0 Å². The number of rotatable bonds is 6. The van der Waals surface area contributed by atoms with Gasteiger partial charge in [-0.3, -0.25) is 4.98 Å². The molecule has 1 heterocycles. The summed E-state index contributed by atoms with van der Waals surface area (Å²) in [5.41, 5.74) is 1.66. The van der Waals surface area contributed by atoms with Crippen molar-refractivity contribution in [2.75, 3.05) is 24.6 Å². The molecular formula is C11H18N2O2. The minimum absolute atomic E-state index is 0.0487. The van der Waals surface area contributed by atoms with Crippen LogP contribution >= 0.6 is 0 Å². The molecule has 1 aromatic rings. The third-order valence-electron chi connectivity index (χ3n) is 2.19. The number of hydrogen-bond acceptors (Lipinski definition) is 4. The van der Waals surface area contributed by atoms with Crippen molar-refractivity contribution in [2.24, 2.45) is 0 Å². The Morgan fingerprint density at radius 1 is 1.33 bits per heavy atom. The lowest BCUT2D eigenvalue weighted by Crippen LogP contribution is -2.27. The van der Waals surface area contributed by atoms with Crippen LogP contribution in [0.3, 0.4) is 0 Å². The van der Waals surface area contributed by atoms with Gasteiger partial charge in [0.05, 0.1) is 18.9 Å². The molecule has 0 aliphatic rings. The molecule has 0 saturated heterocycles. The third kappa shape index (κ3) is 3.49. The van der Waals surface area contributed by atoms with E-state index in [9.17, 15) is 0 Å². The van der Waals surface area contributed by atoms with Crippen LogP contribution in [0.25, 0.3) is 0 Å². The fourth-order valence-corrected chi connectivity index (χ4v) is 1.51. The minimum atomic E-state index is -0.0487. The molecule has 4 heteroatoms. The first kappa shape index (κ1) is 11.9. The average Bonchev–Trinajstić information content (AvgIpc) is 2.29. The van der Waals surface area contributed by atoms with Gasteiger partial charge in [-0.1, -0.05) is 6.92 Å². The Morgan fingerprint density at radius 3 is 2.73 bits per heavy atom. The smallest absolute Gasteiger partial charge is 0.0853 e. The molecule has 0 saturated carbocycles. The van der Waals surface area contributed by atoms with E-state index in [4.69, 9.17) is 10.2 Å². The second-order valence-electron chi connectivity index (χ2n) is 3.37. The maximum absolute atomic E-state index is 8.97. The van der Waals surface area contributed by atoms with Gasteiger partial charge in [-0.25, -0.2) is 0 Å². The normalized spacial score (nSPS) is 10.3. The van der Waals surface area contributed by atoms with Gasteiger partial charge in [-0.15, -0.1) is 0 Å². The zero-order chi connectivity index (χ0) is 11.1. The number of hydrogen-bond donors (Lipinski definition) is 2. The number of aliphatic hydroxyl groups is 2. The molecule has 0 atom stereocenters. The van der Waals surface area contributed by atoms with Crippen LogP contribution < -0.4 is 4.90 Å². The number of pyridine rings is 1. The summed E-state index contributed by atoms with van der Waals surface area (Å²) in [6.45, 7) is 3.69. The molecule has 2 N–H and O–H groups in total. The fourth-order valence-electron chi connectivity index (χ4n) is 1.51. The molecule has 15 heavy (non-hydrogen) atoms. The molecule has 1 rings (SSSR count). The summed E-state index contributed by atoms with van der Waals surface area (Å²) in [6, 6.07) is 3.75. The fraction of sp³-hybridized carbons (Fsp3) is 0.545. The molecule has 84 valence electrons. The Kier molecular flexibility index (Phi) is 5.07. The summed E-state index contributed by atoms with van der Waals surface area (Å²) >= 11 is 0. The van der Waals surface area contributed by atoms with E-state index in [0.29, 0.717) is 12.2 Å². The summed E-state index contributed by atoms with van der Waals surface area (Å²) in [5.74, 6) is 0. The lowest BCUT2D eigenvalue weighted by Gasteiger charge is -2.23. The van der Waals surface area contributed by atoms with E-state index in [2.05, 4.69) is 16.8 Å². The highest BCUT2D eigenvalue weighted by atomic mass is 16.3. The molecule has 1 aromatic heterocycles. The van der Waals surface area contributed by atoms with Gasteiger partial charge in [0.2, 0.25) is 0 Å². The highest BCUT2D eigenvalue weighted by molar-refractivity contribution is 5.46. The van der Waals surface area contributed by atoms with Crippen LogP contribution in [0.4, 0.5) is 5.69 Å². The second kappa shape index (κ2) is 6.37. The molecule has 0 bridgehead atoms. The van der Waals surface area contributed by atoms with Gasteiger partial charge in [0.1, 0.15) is 0 Å². The van der Waals surface area contributed by atoms with E-state index < -0.39 is 0 Å². The number of aromatic nitrogens is 1. The summed E-state index contributed by atoms with van der Waals surface area (Å²) in [5, 5.41) is 17.9.